The van der Waals surface area contributed by atoms with Gasteiger partial charge in [-0.25, -0.2) is 38.7 Å². The van der Waals surface area contributed by atoms with Crippen LogP contribution in [-0.2, 0) is 38.4 Å². The Balaban J connectivity index is 0.980. The molecule has 8 aromatic rings. The molecule has 22 heteroatoms. The third-order valence-corrected chi connectivity index (χ3v) is 17.5. The van der Waals surface area contributed by atoms with E-state index in [2.05, 4.69) is 61.6 Å². The molecule has 3 aromatic heterocycles. The molecule has 5 atom stereocenters. The molecular weight excluding hydrogens is 1070 g/mol. The van der Waals surface area contributed by atoms with Gasteiger partial charge in [0.25, 0.3) is 11.5 Å². The van der Waals surface area contributed by atoms with Crippen LogP contribution in [0.15, 0.2) is 162 Å². The molecule has 424 valence electrons. The fraction of sp³-hybridized carbons (Fsp3) is 0.300. The number of rotatable bonds is 18. The Hall–Kier alpha value is -8.27. The molecule has 2 N–H and O–H groups in total. The smallest absolute Gasteiger partial charge is 0.345 e. The van der Waals surface area contributed by atoms with Gasteiger partial charge in [0.2, 0.25) is 0 Å². The van der Waals surface area contributed by atoms with Crippen LogP contribution in [0.3, 0.4) is 0 Å². The van der Waals surface area contributed by atoms with Crippen LogP contribution in [0.2, 0.25) is 0 Å². The van der Waals surface area contributed by atoms with Gasteiger partial charge in [0.05, 0.1) is 36.7 Å². The number of hydrogen-bond acceptors (Lipinski definition) is 15. The zero-order valence-corrected chi connectivity index (χ0v) is 47.1. The number of anilines is 1. The molecule has 0 spiro atoms. The van der Waals surface area contributed by atoms with Crippen molar-refractivity contribution >= 4 is 42.5 Å². The molecule has 1 amide bonds. The van der Waals surface area contributed by atoms with E-state index >= 15 is 4.57 Å². The fourth-order valence-electron chi connectivity index (χ4n) is 10.6. The fourth-order valence-corrected chi connectivity index (χ4v) is 12.6. The molecule has 82 heavy (non-hydrogen) atoms. The molecule has 10 rings (SSSR count). The summed E-state index contributed by atoms with van der Waals surface area (Å²) in [7, 11) is -0.959. The van der Waals surface area contributed by atoms with Crippen LogP contribution in [0.25, 0.3) is 11.2 Å². The summed E-state index contributed by atoms with van der Waals surface area (Å²) in [5.74, 6) is -1.75. The topological polar surface area (TPSA) is 235 Å². The molecule has 21 nitrogen and oxygen atoms in total. The summed E-state index contributed by atoms with van der Waals surface area (Å²) < 4.78 is 53.1. The van der Waals surface area contributed by atoms with Gasteiger partial charge in [-0.3, -0.25) is 33.2 Å². The van der Waals surface area contributed by atoms with Crippen LogP contribution in [-0.4, -0.2) is 133 Å². The average molecular weight is 1130 g/mol. The SMILES string of the molecule is Cc1cc(C(=O)OCC(=O)OCC2CN(P(=O)(OCC3CN(C(c4ccccc4)(c4ccccc4)c4ccccc4)CC(n4cnc5c(NC(=O)c6ccccc6)ncnc54)O3)N(C)C)CC(n3cc(C)c(=O)[nH]c3=O)O2)cc(C)c1C. The van der Waals surface area contributed by atoms with E-state index in [1.54, 1.807) is 66.1 Å². The van der Waals surface area contributed by atoms with Crippen molar-refractivity contribution in [2.75, 3.05) is 65.4 Å². The average Bonchev–Trinajstić information content (AvgIpc) is 3.79. The Morgan fingerprint density at radius 2 is 1.27 bits per heavy atom. The van der Waals surface area contributed by atoms with Crippen molar-refractivity contribution in [1.82, 2.24) is 43.3 Å². The van der Waals surface area contributed by atoms with Gasteiger partial charge >= 0.3 is 25.3 Å². The number of benzene rings is 5. The van der Waals surface area contributed by atoms with Crippen molar-refractivity contribution in [1.29, 1.82) is 0 Å². The molecule has 2 aliphatic rings. The van der Waals surface area contributed by atoms with E-state index in [0.717, 1.165) is 33.4 Å². The number of aromatic amines is 1. The maximum absolute atomic E-state index is 15.9. The van der Waals surface area contributed by atoms with Crippen molar-refractivity contribution in [3.63, 3.8) is 0 Å². The maximum Gasteiger partial charge on any atom is 0.345 e. The number of imidazole rings is 1. The molecule has 2 saturated heterocycles. The van der Waals surface area contributed by atoms with Gasteiger partial charge in [-0.1, -0.05) is 109 Å². The number of aromatic nitrogens is 6. The molecule has 0 bridgehead atoms. The Morgan fingerprint density at radius 1 is 0.695 bits per heavy atom. The first-order chi connectivity index (χ1) is 39.5. The number of carbonyl (C=O) groups is 3. The lowest BCUT2D eigenvalue weighted by atomic mass is 9.75. The number of nitrogens with zero attached hydrogens (tertiary/aromatic N) is 8. The van der Waals surface area contributed by atoms with Gasteiger partial charge in [0, 0.05) is 37.0 Å². The number of amides is 1. The van der Waals surface area contributed by atoms with Crippen LogP contribution in [0.5, 0.6) is 0 Å². The lowest BCUT2D eigenvalue weighted by Gasteiger charge is -2.51. The zero-order valence-electron chi connectivity index (χ0n) is 46.2. The highest BCUT2D eigenvalue weighted by Crippen LogP contribution is 2.55. The lowest BCUT2D eigenvalue weighted by molar-refractivity contribution is -0.163. The van der Waals surface area contributed by atoms with Crippen molar-refractivity contribution < 1.29 is 42.4 Å². The Bertz CT molecular complexity index is 3650. The van der Waals surface area contributed by atoms with Crippen molar-refractivity contribution in [2.24, 2.45) is 0 Å². The minimum atomic E-state index is -4.17. The molecule has 5 unspecified atom stereocenters. The number of morpholine rings is 2. The number of aryl methyl sites for hydroxylation is 3. The van der Waals surface area contributed by atoms with E-state index in [0.29, 0.717) is 16.7 Å². The number of carbonyl (C=O) groups excluding carboxylic acids is 3. The molecule has 0 radical (unpaired) electrons. The van der Waals surface area contributed by atoms with Crippen molar-refractivity contribution in [2.45, 2.75) is 57.9 Å². The predicted octanol–water partition coefficient (Wildman–Crippen LogP) is 7.34. The Labute approximate surface area is 473 Å². The van der Waals surface area contributed by atoms with Crippen LogP contribution < -0.4 is 16.6 Å². The zero-order chi connectivity index (χ0) is 57.7. The summed E-state index contributed by atoms with van der Waals surface area (Å²) in [6.45, 7) is 6.08. The molecular formula is C60H63N10O11P. The molecule has 5 aromatic carbocycles. The summed E-state index contributed by atoms with van der Waals surface area (Å²) in [5.41, 5.74) is 5.02. The second-order valence-electron chi connectivity index (χ2n) is 20.5. The van der Waals surface area contributed by atoms with Crippen molar-refractivity contribution in [3.8, 4) is 0 Å². The number of fused-ring (bicyclic) bond motifs is 1. The molecule has 5 heterocycles. The van der Waals surface area contributed by atoms with Gasteiger partial charge in [-0.05, 0) is 99.4 Å². The van der Waals surface area contributed by atoms with Crippen LogP contribution >= 0.6 is 7.67 Å². The Kier molecular flexibility index (Phi) is 17.0. The molecule has 0 saturated carbocycles. The summed E-state index contributed by atoms with van der Waals surface area (Å²) in [4.78, 5) is 84.2. The third-order valence-electron chi connectivity index (χ3n) is 14.9. The van der Waals surface area contributed by atoms with E-state index < -0.39 is 74.3 Å². The summed E-state index contributed by atoms with van der Waals surface area (Å²) in [6.07, 6.45) is 0.448. The highest BCUT2D eigenvalue weighted by atomic mass is 31.2. The normalized spacial score (nSPS) is 18.7. The maximum atomic E-state index is 15.9. The number of esters is 2. The highest BCUT2D eigenvalue weighted by Gasteiger charge is 2.48. The number of hydrogen-bond donors (Lipinski definition) is 2. The van der Waals surface area contributed by atoms with E-state index in [4.69, 9.17) is 28.5 Å². The highest BCUT2D eigenvalue weighted by molar-refractivity contribution is 7.53. The van der Waals surface area contributed by atoms with Gasteiger partial charge in [0.15, 0.2) is 29.8 Å². The molecule has 0 aliphatic carbocycles. The molecule has 2 fully saturated rings. The second kappa shape index (κ2) is 24.4. The van der Waals surface area contributed by atoms with E-state index in [-0.39, 0.29) is 55.6 Å². The van der Waals surface area contributed by atoms with Gasteiger partial charge < -0.3 is 28.8 Å². The summed E-state index contributed by atoms with van der Waals surface area (Å²) in [6, 6.07) is 42.6. The van der Waals surface area contributed by atoms with Crippen LogP contribution in [0.1, 0.15) is 72.1 Å². The number of ether oxygens (including phenoxy) is 4. The molecule has 2 aliphatic heterocycles. The van der Waals surface area contributed by atoms with Crippen LogP contribution in [0.4, 0.5) is 5.82 Å². The number of H-pyrrole nitrogens is 1. The predicted molar refractivity (Wildman–Crippen MR) is 305 cm³/mol. The first-order valence-electron chi connectivity index (χ1n) is 26.7. The quantitative estimate of drug-likeness (QED) is 0.0486. The van der Waals surface area contributed by atoms with Gasteiger partial charge in [0.1, 0.15) is 25.3 Å². The summed E-state index contributed by atoms with van der Waals surface area (Å²) in [5, 5.41) is 2.90. The van der Waals surface area contributed by atoms with Gasteiger partial charge in [-0.2, -0.15) is 0 Å². The minimum Gasteiger partial charge on any atom is -0.460 e. The van der Waals surface area contributed by atoms with E-state index in [1.807, 2.05) is 81.4 Å². The van der Waals surface area contributed by atoms with Gasteiger partial charge in [-0.15, -0.1) is 0 Å². The Morgan fingerprint density at radius 3 is 1.87 bits per heavy atom. The first kappa shape index (κ1) is 57.0. The third kappa shape index (κ3) is 11.8. The largest absolute Gasteiger partial charge is 0.460 e. The lowest BCUT2D eigenvalue weighted by Crippen LogP contribution is -2.57. The van der Waals surface area contributed by atoms with E-state index in [1.165, 1.54) is 28.7 Å². The standard InChI is InChI=1S/C60H63N10O11P/c1-39-27-44(28-40(2)42(39)4)58(74)78-36-52(71)77-34-49-31-68(33-51(81-49)69-29-41(3)56(72)65-59(69)75)82(76,66(5)6)79-35-48-30-67(60(45-21-13-8-14-22-45,46-23-15-9-16-24-46)47-25-17-10-18-26-47)32-50(80-48)70-38-63-53-54(61-37-62-55(53)70)64-57(73)43-19-11-7-12-20-43/h7-29,37-38,48-51H,30-36H2,1-6H3,(H,65,72,75)(H,61,62,64,73). The number of nitrogens with one attached hydrogen (secondary N) is 2. The first-order valence-corrected chi connectivity index (χ1v) is 28.2. The monoisotopic (exact) mass is 1130 g/mol. The van der Waals surface area contributed by atoms with Crippen LogP contribution in [0, 0.1) is 27.7 Å². The van der Waals surface area contributed by atoms with E-state index in [9.17, 15) is 24.0 Å². The van der Waals surface area contributed by atoms with Crippen molar-refractivity contribution in [3.05, 3.63) is 223 Å². The second-order valence-corrected chi connectivity index (χ2v) is 23.1. The summed E-state index contributed by atoms with van der Waals surface area (Å²) >= 11 is 0. The minimum absolute atomic E-state index is 0.124.